The Morgan fingerprint density at radius 1 is 1.24 bits per heavy atom. The van der Waals surface area contributed by atoms with Gasteiger partial charge < -0.3 is 19.4 Å². The summed E-state index contributed by atoms with van der Waals surface area (Å²) in [5, 5.41) is 14.6. The van der Waals surface area contributed by atoms with Gasteiger partial charge in [0.15, 0.2) is 11.5 Å². The summed E-state index contributed by atoms with van der Waals surface area (Å²) in [5.74, 6) is 1.17. The molecule has 1 unspecified atom stereocenters. The van der Waals surface area contributed by atoms with Crippen molar-refractivity contribution in [3.05, 3.63) is 62.7 Å². The van der Waals surface area contributed by atoms with Crippen LogP contribution < -0.4 is 14.8 Å². The van der Waals surface area contributed by atoms with Crippen molar-refractivity contribution >= 4 is 38.4 Å². The van der Waals surface area contributed by atoms with Crippen molar-refractivity contribution in [1.82, 2.24) is 9.88 Å². The first-order chi connectivity index (χ1) is 13.9. The zero-order valence-electron chi connectivity index (χ0n) is 15.6. The number of fused-ring (bicyclic) bond motifs is 2. The molecule has 2 heterocycles. The number of halogens is 1. The average molecular weight is 460 g/mol. The van der Waals surface area contributed by atoms with Gasteiger partial charge in [0.25, 0.3) is 5.69 Å². The number of ether oxygens (including phenoxy) is 2. The van der Waals surface area contributed by atoms with Crippen molar-refractivity contribution in [1.29, 1.82) is 0 Å². The number of nitrogens with zero attached hydrogens (tertiary/aromatic N) is 2. The third-order valence-corrected chi connectivity index (χ3v) is 5.47. The number of nitro groups is 1. The van der Waals surface area contributed by atoms with Crippen LogP contribution in [0.5, 0.6) is 11.5 Å². The molecule has 0 radical (unpaired) electrons. The molecule has 8 nitrogen and oxygen atoms in total. The molecule has 0 fully saturated rings. The van der Waals surface area contributed by atoms with E-state index in [1.54, 1.807) is 22.9 Å². The molecule has 29 heavy (non-hydrogen) atoms. The lowest BCUT2D eigenvalue weighted by Gasteiger charge is -2.22. The fourth-order valence-corrected chi connectivity index (χ4v) is 4.04. The summed E-state index contributed by atoms with van der Waals surface area (Å²) in [6.07, 6.45) is 1.75. The van der Waals surface area contributed by atoms with Gasteiger partial charge in [-0.15, -0.1) is 0 Å². The second kappa shape index (κ2) is 7.75. The molecule has 1 atom stereocenters. The molecule has 1 N–H and O–H groups in total. The van der Waals surface area contributed by atoms with Crippen LogP contribution in [0.4, 0.5) is 5.69 Å². The lowest BCUT2D eigenvalue weighted by molar-refractivity contribution is -0.384. The highest BCUT2D eigenvalue weighted by atomic mass is 79.9. The van der Waals surface area contributed by atoms with E-state index in [0.29, 0.717) is 24.7 Å². The van der Waals surface area contributed by atoms with Gasteiger partial charge in [0.2, 0.25) is 5.91 Å². The van der Waals surface area contributed by atoms with E-state index in [9.17, 15) is 14.9 Å². The van der Waals surface area contributed by atoms with Crippen molar-refractivity contribution in [2.24, 2.45) is 0 Å². The topological polar surface area (TPSA) is 95.6 Å². The number of amides is 1. The summed E-state index contributed by atoms with van der Waals surface area (Å²) in [5.41, 5.74) is 1.67. The van der Waals surface area contributed by atoms with Gasteiger partial charge in [-0.05, 0) is 36.8 Å². The molecule has 0 saturated heterocycles. The van der Waals surface area contributed by atoms with Crippen LogP contribution in [0.2, 0.25) is 0 Å². The van der Waals surface area contributed by atoms with E-state index in [2.05, 4.69) is 21.2 Å². The molecule has 3 aromatic rings. The smallest absolute Gasteiger partial charge is 0.270 e. The number of carbonyl (C=O) groups is 1. The van der Waals surface area contributed by atoms with Gasteiger partial charge in [-0.3, -0.25) is 14.9 Å². The Morgan fingerprint density at radius 3 is 2.69 bits per heavy atom. The summed E-state index contributed by atoms with van der Waals surface area (Å²) in [4.78, 5) is 23.1. The highest BCUT2D eigenvalue weighted by Crippen LogP contribution is 2.37. The van der Waals surface area contributed by atoms with E-state index >= 15 is 0 Å². The van der Waals surface area contributed by atoms with Gasteiger partial charge in [0.1, 0.15) is 19.8 Å². The quantitative estimate of drug-likeness (QED) is 0.460. The number of rotatable bonds is 5. The van der Waals surface area contributed by atoms with Crippen LogP contribution in [0.15, 0.2) is 47.1 Å². The monoisotopic (exact) mass is 459 g/mol. The highest BCUT2D eigenvalue weighted by Gasteiger charge is 2.19. The number of nitro benzene ring substituents is 1. The predicted molar refractivity (Wildman–Crippen MR) is 110 cm³/mol. The van der Waals surface area contributed by atoms with Gasteiger partial charge in [0.05, 0.1) is 11.0 Å². The Bertz CT molecular complexity index is 1110. The molecule has 1 aliphatic rings. The predicted octanol–water partition coefficient (Wildman–Crippen LogP) is 3.96. The van der Waals surface area contributed by atoms with Crippen LogP contribution in [-0.2, 0) is 11.3 Å². The van der Waals surface area contributed by atoms with Gasteiger partial charge in [0, 0.05) is 33.7 Å². The van der Waals surface area contributed by atoms with E-state index in [-0.39, 0.29) is 24.2 Å². The molecule has 0 spiro atoms. The lowest BCUT2D eigenvalue weighted by atomic mass is 10.1. The van der Waals surface area contributed by atoms with Crippen molar-refractivity contribution in [3.63, 3.8) is 0 Å². The van der Waals surface area contributed by atoms with Crippen LogP contribution >= 0.6 is 15.9 Å². The van der Waals surface area contributed by atoms with Crippen molar-refractivity contribution in [3.8, 4) is 11.5 Å². The molecule has 9 heteroatoms. The maximum Gasteiger partial charge on any atom is 0.270 e. The van der Waals surface area contributed by atoms with E-state index < -0.39 is 4.92 Å². The van der Waals surface area contributed by atoms with Crippen LogP contribution in [0.25, 0.3) is 10.9 Å². The number of nitrogens with one attached hydrogen (secondary N) is 1. The van der Waals surface area contributed by atoms with Crippen LogP contribution in [-0.4, -0.2) is 28.6 Å². The fourth-order valence-electron chi connectivity index (χ4n) is 3.37. The number of hydrogen-bond donors (Lipinski definition) is 1. The minimum absolute atomic E-state index is 0.0248. The summed E-state index contributed by atoms with van der Waals surface area (Å²) >= 11 is 3.53. The number of non-ortho nitro benzene ring substituents is 1. The normalized spacial score (nSPS) is 13.9. The molecule has 1 aromatic heterocycles. The minimum atomic E-state index is -0.434. The lowest BCUT2D eigenvalue weighted by Crippen LogP contribution is -2.30. The van der Waals surface area contributed by atoms with Gasteiger partial charge in [-0.2, -0.15) is 0 Å². The largest absolute Gasteiger partial charge is 0.486 e. The highest BCUT2D eigenvalue weighted by molar-refractivity contribution is 9.10. The summed E-state index contributed by atoms with van der Waals surface area (Å²) < 4.78 is 13.8. The van der Waals surface area contributed by atoms with Crippen LogP contribution in [0.3, 0.4) is 0 Å². The van der Waals surface area contributed by atoms with Crippen LogP contribution in [0, 0.1) is 10.1 Å². The number of carbonyl (C=O) groups excluding carboxylic acids is 1. The second-order valence-electron chi connectivity index (χ2n) is 6.75. The Morgan fingerprint density at radius 2 is 1.97 bits per heavy atom. The third-order valence-electron chi connectivity index (χ3n) is 4.78. The summed E-state index contributed by atoms with van der Waals surface area (Å²) in [6, 6.07) is 9.81. The first-order valence-electron chi connectivity index (χ1n) is 9.04. The van der Waals surface area contributed by atoms with E-state index in [1.807, 2.05) is 19.1 Å². The van der Waals surface area contributed by atoms with Crippen molar-refractivity contribution in [2.45, 2.75) is 19.5 Å². The second-order valence-corrected chi connectivity index (χ2v) is 7.60. The molecule has 0 aliphatic carbocycles. The Balaban J connectivity index is 1.48. The van der Waals surface area contributed by atoms with Crippen LogP contribution in [0.1, 0.15) is 18.5 Å². The van der Waals surface area contributed by atoms with Gasteiger partial charge in [-0.1, -0.05) is 15.9 Å². The molecule has 150 valence electrons. The molecule has 1 amide bonds. The number of hydrogen-bond acceptors (Lipinski definition) is 5. The van der Waals surface area contributed by atoms with Crippen molar-refractivity contribution < 1.29 is 19.2 Å². The first kappa shape index (κ1) is 19.3. The Kier molecular flexibility index (Phi) is 5.14. The van der Waals surface area contributed by atoms with E-state index in [4.69, 9.17) is 9.47 Å². The third kappa shape index (κ3) is 3.91. The average Bonchev–Trinajstić information content (AvgIpc) is 3.09. The number of aromatic nitrogens is 1. The molecular weight excluding hydrogens is 442 g/mol. The molecule has 1 aliphatic heterocycles. The van der Waals surface area contributed by atoms with Gasteiger partial charge >= 0.3 is 0 Å². The molecule has 0 bridgehead atoms. The van der Waals surface area contributed by atoms with E-state index in [0.717, 1.165) is 20.9 Å². The first-order valence-corrected chi connectivity index (χ1v) is 9.83. The zero-order valence-corrected chi connectivity index (χ0v) is 17.1. The standard InChI is InChI=1S/C20H18BrN3O5/c1-12(15-9-18-19(10-16(15)21)29-7-6-28-18)22-20(25)11-23-5-4-13-8-14(24(26)27)2-3-17(13)23/h2-5,8-10,12H,6-7,11H2,1H3,(H,22,25). The maximum absolute atomic E-state index is 12.6. The maximum atomic E-state index is 12.6. The molecule has 0 saturated carbocycles. The molecule has 4 rings (SSSR count). The molecular formula is C20H18BrN3O5. The Labute approximate surface area is 174 Å². The SMILES string of the molecule is CC(NC(=O)Cn1ccc2cc([N+](=O)[O-])ccc21)c1cc2c(cc1Br)OCCO2. The van der Waals surface area contributed by atoms with E-state index in [1.165, 1.54) is 12.1 Å². The Hall–Kier alpha value is -3.07. The zero-order chi connectivity index (χ0) is 20.5. The van der Waals surface area contributed by atoms with Gasteiger partial charge in [-0.25, -0.2) is 0 Å². The summed E-state index contributed by atoms with van der Waals surface area (Å²) in [6.45, 7) is 3.01. The summed E-state index contributed by atoms with van der Waals surface area (Å²) in [7, 11) is 0. The minimum Gasteiger partial charge on any atom is -0.486 e. The number of benzene rings is 2. The van der Waals surface area contributed by atoms with Crippen molar-refractivity contribution in [2.75, 3.05) is 13.2 Å². The molecule has 2 aromatic carbocycles. The fraction of sp³-hybridized carbons (Fsp3) is 0.250.